The van der Waals surface area contributed by atoms with E-state index in [-0.39, 0.29) is 5.92 Å². The van der Waals surface area contributed by atoms with Crippen molar-refractivity contribution in [3.05, 3.63) is 18.2 Å². The van der Waals surface area contributed by atoms with Gasteiger partial charge in [0.25, 0.3) is 0 Å². The van der Waals surface area contributed by atoms with Gasteiger partial charge in [0, 0.05) is 5.56 Å². The quantitative estimate of drug-likeness (QED) is 0.749. The van der Waals surface area contributed by atoms with Gasteiger partial charge in [0.05, 0.1) is 12.3 Å². The molecule has 0 aliphatic heterocycles. The molecular weight excluding hydrogens is 298 g/mol. The Bertz CT molecular complexity index is 684. The average molecular weight is 319 g/mol. The van der Waals surface area contributed by atoms with Crippen LogP contribution < -0.4 is 10.5 Å². The zero-order chi connectivity index (χ0) is 17.0. The Balaban J connectivity index is 2.38. The van der Waals surface area contributed by atoms with Crippen LogP contribution in [-0.4, -0.2) is 37.9 Å². The van der Waals surface area contributed by atoms with E-state index in [1.165, 1.54) is 4.68 Å². The van der Waals surface area contributed by atoms with Crippen molar-refractivity contribution in [3.8, 4) is 17.1 Å². The van der Waals surface area contributed by atoms with Crippen molar-refractivity contribution in [2.75, 3.05) is 12.3 Å². The molecule has 0 saturated heterocycles. The number of carboxylic acids is 1. The lowest BCUT2D eigenvalue weighted by atomic mass is 10.0. The maximum Gasteiger partial charge on any atom is 0.328 e. The molecule has 0 spiro atoms. The first-order valence-electron chi connectivity index (χ1n) is 7.49. The third-order valence-electron chi connectivity index (χ3n) is 3.37. The fourth-order valence-electron chi connectivity index (χ4n) is 2.27. The molecule has 1 aromatic heterocycles. The van der Waals surface area contributed by atoms with Crippen LogP contribution >= 0.6 is 0 Å². The molecule has 0 bridgehead atoms. The van der Waals surface area contributed by atoms with E-state index in [1.807, 2.05) is 6.92 Å². The maximum absolute atomic E-state index is 11.5. The summed E-state index contributed by atoms with van der Waals surface area (Å²) in [5.41, 5.74) is 7.10. The van der Waals surface area contributed by atoms with Crippen molar-refractivity contribution in [2.45, 2.75) is 33.2 Å². The number of anilines is 1. The number of hydrogen-bond donors (Lipinski definition) is 2. The van der Waals surface area contributed by atoms with Gasteiger partial charge in [-0.1, -0.05) is 20.8 Å². The third kappa shape index (κ3) is 3.58. The van der Waals surface area contributed by atoms with Crippen LogP contribution in [0.15, 0.2) is 18.2 Å². The van der Waals surface area contributed by atoms with E-state index in [4.69, 9.17) is 10.5 Å². The van der Waals surface area contributed by atoms with Gasteiger partial charge in [0.15, 0.2) is 11.9 Å². The number of hydrogen-bond acceptors (Lipinski definition) is 6. The monoisotopic (exact) mass is 319 g/mol. The second kappa shape index (κ2) is 7.08. The minimum absolute atomic E-state index is 0.167. The SMILES string of the molecule is CCCOc1ccc(-c2nnnn2C(C(=O)O)C(C)C)cc1N. The molecule has 0 fully saturated rings. The molecule has 1 unspecified atom stereocenters. The largest absolute Gasteiger partial charge is 0.491 e. The molecular formula is C15H21N5O3. The summed E-state index contributed by atoms with van der Waals surface area (Å²) >= 11 is 0. The first-order chi connectivity index (χ1) is 11.0. The number of carboxylic acid groups (broad SMARTS) is 1. The van der Waals surface area contributed by atoms with Crippen LogP contribution in [0.25, 0.3) is 11.4 Å². The summed E-state index contributed by atoms with van der Waals surface area (Å²) < 4.78 is 6.85. The van der Waals surface area contributed by atoms with E-state index in [9.17, 15) is 9.90 Å². The molecule has 1 atom stereocenters. The zero-order valence-electron chi connectivity index (χ0n) is 13.4. The van der Waals surface area contributed by atoms with Crippen LogP contribution in [0.4, 0.5) is 5.69 Å². The van der Waals surface area contributed by atoms with Crippen molar-refractivity contribution in [1.82, 2.24) is 20.2 Å². The summed E-state index contributed by atoms with van der Waals surface area (Å²) in [5.74, 6) is -0.197. The summed E-state index contributed by atoms with van der Waals surface area (Å²) in [4.78, 5) is 11.5. The maximum atomic E-state index is 11.5. The normalized spacial score (nSPS) is 12.3. The van der Waals surface area contributed by atoms with E-state index in [1.54, 1.807) is 32.0 Å². The Morgan fingerprint density at radius 1 is 1.43 bits per heavy atom. The zero-order valence-corrected chi connectivity index (χ0v) is 13.4. The minimum atomic E-state index is -0.982. The number of aromatic nitrogens is 4. The molecule has 1 aromatic carbocycles. The number of nitrogens with two attached hydrogens (primary N) is 1. The van der Waals surface area contributed by atoms with E-state index in [0.29, 0.717) is 29.4 Å². The number of nitrogens with zero attached hydrogens (tertiary/aromatic N) is 4. The highest BCUT2D eigenvalue weighted by Crippen LogP contribution is 2.29. The first kappa shape index (κ1) is 16.7. The van der Waals surface area contributed by atoms with Gasteiger partial charge in [-0.3, -0.25) is 0 Å². The molecule has 8 heteroatoms. The third-order valence-corrected chi connectivity index (χ3v) is 3.37. The standard InChI is InChI=1S/C15H21N5O3/c1-4-7-23-12-6-5-10(8-11(12)16)14-17-18-19-20(14)13(9(2)3)15(21)22/h5-6,8-9,13H,4,7,16H2,1-3H3,(H,21,22). The highest BCUT2D eigenvalue weighted by molar-refractivity contribution is 5.74. The molecule has 2 aromatic rings. The van der Waals surface area contributed by atoms with E-state index in [2.05, 4.69) is 15.5 Å². The number of carbonyl (C=O) groups is 1. The van der Waals surface area contributed by atoms with Crippen molar-refractivity contribution in [3.63, 3.8) is 0 Å². The Morgan fingerprint density at radius 3 is 2.74 bits per heavy atom. The van der Waals surface area contributed by atoms with Gasteiger partial charge in [0.2, 0.25) is 0 Å². The predicted octanol–water partition coefficient (Wildman–Crippen LogP) is 1.99. The van der Waals surface area contributed by atoms with Gasteiger partial charge < -0.3 is 15.6 Å². The molecule has 0 amide bonds. The smallest absolute Gasteiger partial charge is 0.328 e. The van der Waals surface area contributed by atoms with Gasteiger partial charge in [-0.2, -0.15) is 0 Å². The van der Waals surface area contributed by atoms with E-state index < -0.39 is 12.0 Å². The predicted molar refractivity (Wildman–Crippen MR) is 85.0 cm³/mol. The lowest BCUT2D eigenvalue weighted by Gasteiger charge is -2.17. The molecule has 0 radical (unpaired) electrons. The topological polar surface area (TPSA) is 116 Å². The molecule has 124 valence electrons. The summed E-state index contributed by atoms with van der Waals surface area (Å²) in [6.45, 7) is 6.20. The fourth-order valence-corrected chi connectivity index (χ4v) is 2.27. The van der Waals surface area contributed by atoms with E-state index in [0.717, 1.165) is 6.42 Å². The fraction of sp³-hybridized carbons (Fsp3) is 0.467. The Kier molecular flexibility index (Phi) is 5.15. The van der Waals surface area contributed by atoms with Crippen LogP contribution in [0.2, 0.25) is 0 Å². The number of aliphatic carboxylic acids is 1. The number of ether oxygens (including phenoxy) is 1. The summed E-state index contributed by atoms with van der Waals surface area (Å²) in [6.07, 6.45) is 0.883. The van der Waals surface area contributed by atoms with Crippen molar-refractivity contribution in [2.24, 2.45) is 5.92 Å². The highest BCUT2D eigenvalue weighted by Gasteiger charge is 2.28. The van der Waals surface area contributed by atoms with E-state index >= 15 is 0 Å². The van der Waals surface area contributed by atoms with Crippen LogP contribution in [0.1, 0.15) is 33.2 Å². The summed E-state index contributed by atoms with van der Waals surface area (Å²) in [5, 5.41) is 20.8. The average Bonchev–Trinajstić information content (AvgIpc) is 2.94. The summed E-state index contributed by atoms with van der Waals surface area (Å²) in [7, 11) is 0. The lowest BCUT2D eigenvalue weighted by Crippen LogP contribution is -2.26. The Labute approximate surface area is 134 Å². The minimum Gasteiger partial charge on any atom is -0.491 e. The number of rotatable bonds is 7. The van der Waals surface area contributed by atoms with Crippen molar-refractivity contribution in [1.29, 1.82) is 0 Å². The van der Waals surface area contributed by atoms with Crippen LogP contribution in [0.3, 0.4) is 0 Å². The van der Waals surface area contributed by atoms with Gasteiger partial charge in [-0.25, -0.2) is 9.48 Å². The van der Waals surface area contributed by atoms with Gasteiger partial charge in [-0.15, -0.1) is 5.10 Å². The molecule has 0 aliphatic rings. The number of tetrazole rings is 1. The Morgan fingerprint density at radius 2 is 2.17 bits per heavy atom. The van der Waals surface area contributed by atoms with Crippen molar-refractivity contribution >= 4 is 11.7 Å². The summed E-state index contributed by atoms with van der Waals surface area (Å²) in [6, 6.07) is 4.34. The first-order valence-corrected chi connectivity index (χ1v) is 7.49. The second-order valence-electron chi connectivity index (χ2n) is 5.58. The molecule has 1 heterocycles. The molecule has 0 saturated carbocycles. The highest BCUT2D eigenvalue weighted by atomic mass is 16.5. The lowest BCUT2D eigenvalue weighted by molar-refractivity contribution is -0.142. The molecule has 23 heavy (non-hydrogen) atoms. The van der Waals surface area contributed by atoms with Crippen LogP contribution in [0, 0.1) is 5.92 Å². The molecule has 2 rings (SSSR count). The number of nitrogen functional groups attached to an aromatic ring is 1. The molecule has 3 N–H and O–H groups in total. The van der Waals surface area contributed by atoms with Gasteiger partial charge >= 0.3 is 5.97 Å². The molecule has 8 nitrogen and oxygen atoms in total. The van der Waals surface area contributed by atoms with Crippen LogP contribution in [0.5, 0.6) is 5.75 Å². The van der Waals surface area contributed by atoms with Gasteiger partial charge in [0.1, 0.15) is 5.75 Å². The second-order valence-corrected chi connectivity index (χ2v) is 5.58. The molecule has 0 aliphatic carbocycles. The Hall–Kier alpha value is -2.64. The van der Waals surface area contributed by atoms with Crippen molar-refractivity contribution < 1.29 is 14.6 Å². The van der Waals surface area contributed by atoms with Gasteiger partial charge in [-0.05, 0) is 41.0 Å². The van der Waals surface area contributed by atoms with Crippen LogP contribution in [-0.2, 0) is 4.79 Å². The number of benzene rings is 1.